The predicted octanol–water partition coefficient (Wildman–Crippen LogP) is -0.206. The Bertz CT molecular complexity index is 817. The number of carbonyl (C=O) groups is 2. The zero-order valence-electron chi connectivity index (χ0n) is 15.1. The van der Waals surface area contributed by atoms with Crippen LogP contribution in [-0.2, 0) is 20.8 Å². The van der Waals surface area contributed by atoms with Crippen LogP contribution in [0.25, 0.3) is 5.82 Å². The van der Waals surface area contributed by atoms with E-state index in [1.807, 2.05) is 4.90 Å². The molecule has 1 aliphatic rings. The van der Waals surface area contributed by atoms with Gasteiger partial charge in [0, 0.05) is 13.1 Å². The summed E-state index contributed by atoms with van der Waals surface area (Å²) in [5.41, 5.74) is 6.21. The van der Waals surface area contributed by atoms with Crippen LogP contribution in [0.15, 0.2) is 4.63 Å². The molecule has 1 aliphatic heterocycles. The van der Waals surface area contributed by atoms with Crippen molar-refractivity contribution in [1.82, 2.24) is 30.2 Å². The lowest BCUT2D eigenvalue weighted by atomic mass is 9.98. The third-order valence-corrected chi connectivity index (χ3v) is 4.34. The maximum Gasteiger partial charge on any atom is 0.360 e. The van der Waals surface area contributed by atoms with Crippen LogP contribution in [0.2, 0.25) is 0 Å². The number of carbonyl (C=O) groups excluding carboxylic acids is 2. The van der Waals surface area contributed by atoms with Gasteiger partial charge in [0.15, 0.2) is 5.69 Å². The van der Waals surface area contributed by atoms with E-state index < -0.39 is 5.97 Å². The number of esters is 2. The number of nitrogens with zero attached hydrogens (tertiary/aromatic N) is 6. The molecule has 12 nitrogen and oxygen atoms in total. The molecule has 1 atom stereocenters. The van der Waals surface area contributed by atoms with Gasteiger partial charge in [-0.15, -0.1) is 5.10 Å². The Balaban J connectivity index is 1.86. The number of nitrogens with two attached hydrogens (primary N) is 1. The molecule has 3 heterocycles. The maximum absolute atomic E-state index is 12.1. The molecule has 0 aromatic carbocycles. The lowest BCUT2D eigenvalue weighted by molar-refractivity contribution is -0.150. The van der Waals surface area contributed by atoms with E-state index in [1.165, 1.54) is 11.8 Å². The smallest absolute Gasteiger partial charge is 0.360 e. The highest BCUT2D eigenvalue weighted by Gasteiger charge is 2.30. The van der Waals surface area contributed by atoms with Crippen molar-refractivity contribution in [2.45, 2.75) is 26.3 Å². The van der Waals surface area contributed by atoms with Crippen LogP contribution >= 0.6 is 0 Å². The summed E-state index contributed by atoms with van der Waals surface area (Å²) >= 11 is 0. The largest absolute Gasteiger partial charge is 0.466 e. The minimum Gasteiger partial charge on any atom is -0.466 e. The van der Waals surface area contributed by atoms with Crippen LogP contribution in [0.5, 0.6) is 0 Å². The van der Waals surface area contributed by atoms with Gasteiger partial charge in [0.2, 0.25) is 11.6 Å². The first-order chi connectivity index (χ1) is 13.0. The monoisotopic (exact) mass is 379 g/mol. The molecule has 0 unspecified atom stereocenters. The van der Waals surface area contributed by atoms with Crippen molar-refractivity contribution < 1.29 is 23.7 Å². The fourth-order valence-corrected chi connectivity index (χ4v) is 3.07. The van der Waals surface area contributed by atoms with Gasteiger partial charge in [-0.2, -0.15) is 4.68 Å². The third kappa shape index (κ3) is 3.89. The first kappa shape index (κ1) is 18.8. The number of likely N-dealkylation sites (tertiary alicyclic amines) is 1. The van der Waals surface area contributed by atoms with Crippen LogP contribution in [-0.4, -0.2) is 69.0 Å². The van der Waals surface area contributed by atoms with E-state index in [9.17, 15) is 9.59 Å². The summed E-state index contributed by atoms with van der Waals surface area (Å²) < 4.78 is 15.8. The summed E-state index contributed by atoms with van der Waals surface area (Å²) in [6.07, 6.45) is 1.59. The summed E-state index contributed by atoms with van der Waals surface area (Å²) in [4.78, 5) is 26.2. The van der Waals surface area contributed by atoms with Crippen LogP contribution in [0, 0.1) is 5.92 Å². The lowest BCUT2D eigenvalue weighted by Gasteiger charge is -2.31. The van der Waals surface area contributed by atoms with Crippen molar-refractivity contribution in [1.29, 1.82) is 0 Å². The molecule has 3 rings (SSSR count). The van der Waals surface area contributed by atoms with Gasteiger partial charge in [-0.05, 0) is 36.6 Å². The normalized spacial score (nSPS) is 17.6. The van der Waals surface area contributed by atoms with Crippen LogP contribution in [0.4, 0.5) is 5.82 Å². The van der Waals surface area contributed by atoms with Gasteiger partial charge >= 0.3 is 11.9 Å². The van der Waals surface area contributed by atoms with Crippen molar-refractivity contribution >= 4 is 17.8 Å². The zero-order valence-corrected chi connectivity index (χ0v) is 15.1. The number of nitrogen functional groups attached to an aromatic ring is 1. The van der Waals surface area contributed by atoms with Gasteiger partial charge in [0.1, 0.15) is 0 Å². The number of ether oxygens (including phenoxy) is 2. The molecule has 2 aromatic heterocycles. The maximum atomic E-state index is 12.1. The quantitative estimate of drug-likeness (QED) is 0.664. The Hall–Kier alpha value is -3.02. The first-order valence-electron chi connectivity index (χ1n) is 8.55. The fraction of sp³-hybridized carbons (Fsp3) is 0.600. The van der Waals surface area contributed by atoms with Crippen molar-refractivity contribution in [3.05, 3.63) is 11.4 Å². The molecule has 12 heteroatoms. The van der Waals surface area contributed by atoms with E-state index in [4.69, 9.17) is 15.2 Å². The van der Waals surface area contributed by atoms with Crippen molar-refractivity contribution in [2.75, 3.05) is 32.5 Å². The van der Waals surface area contributed by atoms with E-state index in [0.29, 0.717) is 25.4 Å². The molecular weight excluding hydrogens is 358 g/mol. The molecule has 1 fully saturated rings. The molecule has 0 bridgehead atoms. The molecule has 2 aromatic rings. The Kier molecular flexibility index (Phi) is 5.64. The second kappa shape index (κ2) is 8.12. The average Bonchev–Trinajstić information content (AvgIpc) is 3.27. The van der Waals surface area contributed by atoms with Gasteiger partial charge in [-0.3, -0.25) is 9.69 Å². The van der Waals surface area contributed by atoms with Crippen molar-refractivity contribution in [3.8, 4) is 5.82 Å². The molecule has 0 radical (unpaired) electrons. The summed E-state index contributed by atoms with van der Waals surface area (Å²) in [5, 5.41) is 15.1. The van der Waals surface area contributed by atoms with Gasteiger partial charge < -0.3 is 15.2 Å². The number of aromatic nitrogens is 5. The second-order valence-corrected chi connectivity index (χ2v) is 6.09. The highest BCUT2D eigenvalue weighted by Crippen LogP contribution is 2.23. The second-order valence-electron chi connectivity index (χ2n) is 6.09. The minimum absolute atomic E-state index is 0.0145. The standard InChI is InChI=1S/C15H21N7O5/c1-3-26-14(23)9-5-4-6-21(7-9)8-10-11(15(24)25-2)17-20-22(10)13-12(16)18-27-19-13/h9H,3-8H2,1-2H3,(H2,16,18)/t9-/m1/s1. The molecule has 0 saturated carbocycles. The number of piperidine rings is 1. The van der Waals surface area contributed by atoms with Gasteiger partial charge in [-0.1, -0.05) is 5.21 Å². The first-order valence-corrected chi connectivity index (χ1v) is 8.55. The number of rotatable bonds is 6. The number of methoxy groups -OCH3 is 1. The fourth-order valence-electron chi connectivity index (χ4n) is 3.07. The average molecular weight is 379 g/mol. The highest BCUT2D eigenvalue weighted by molar-refractivity contribution is 5.88. The molecule has 0 amide bonds. The van der Waals surface area contributed by atoms with E-state index in [1.54, 1.807) is 6.92 Å². The van der Waals surface area contributed by atoms with E-state index in [-0.39, 0.29) is 29.2 Å². The number of hydrogen-bond donors (Lipinski definition) is 1. The molecular formula is C15H21N7O5. The molecule has 27 heavy (non-hydrogen) atoms. The van der Waals surface area contributed by atoms with E-state index >= 15 is 0 Å². The predicted molar refractivity (Wildman–Crippen MR) is 89.6 cm³/mol. The van der Waals surface area contributed by atoms with E-state index in [2.05, 4.69) is 25.3 Å². The summed E-state index contributed by atoms with van der Waals surface area (Å²) in [6.45, 7) is 3.66. The molecule has 146 valence electrons. The van der Waals surface area contributed by atoms with Crippen molar-refractivity contribution in [3.63, 3.8) is 0 Å². The van der Waals surface area contributed by atoms with Gasteiger partial charge in [0.25, 0.3) is 0 Å². The molecule has 0 spiro atoms. The molecule has 1 saturated heterocycles. The lowest BCUT2D eigenvalue weighted by Crippen LogP contribution is -2.39. The zero-order chi connectivity index (χ0) is 19.4. The molecule has 0 aliphatic carbocycles. The van der Waals surface area contributed by atoms with Gasteiger partial charge in [0.05, 0.1) is 25.3 Å². The minimum atomic E-state index is -0.634. The Morgan fingerprint density at radius 2 is 2.19 bits per heavy atom. The topological polar surface area (TPSA) is 151 Å². The molecule has 2 N–H and O–H groups in total. The third-order valence-electron chi connectivity index (χ3n) is 4.34. The SMILES string of the molecule is CCOC(=O)[C@@H]1CCCN(Cc2c(C(=O)OC)nnn2-c2nonc2N)C1. The Morgan fingerprint density at radius 3 is 2.85 bits per heavy atom. The van der Waals surface area contributed by atoms with Gasteiger partial charge in [-0.25, -0.2) is 9.42 Å². The van der Waals surface area contributed by atoms with Crippen LogP contribution in [0.3, 0.4) is 0 Å². The highest BCUT2D eigenvalue weighted by atomic mass is 16.6. The van der Waals surface area contributed by atoms with Crippen LogP contribution < -0.4 is 5.73 Å². The van der Waals surface area contributed by atoms with E-state index in [0.717, 1.165) is 19.4 Å². The Morgan fingerprint density at radius 1 is 1.37 bits per heavy atom. The summed E-state index contributed by atoms with van der Waals surface area (Å²) in [6, 6.07) is 0. The van der Waals surface area contributed by atoms with Crippen LogP contribution in [0.1, 0.15) is 35.9 Å². The number of anilines is 1. The summed E-state index contributed by atoms with van der Waals surface area (Å²) in [7, 11) is 1.26. The summed E-state index contributed by atoms with van der Waals surface area (Å²) in [5.74, 6) is -0.923. The number of hydrogen-bond acceptors (Lipinski definition) is 11. The van der Waals surface area contributed by atoms with Crippen molar-refractivity contribution in [2.24, 2.45) is 5.92 Å². The Labute approximate surface area is 154 Å².